The maximum atomic E-state index is 11.8. The molecule has 0 spiro atoms. The second kappa shape index (κ2) is 3.51. The Morgan fingerprint density at radius 3 is 3.14 bits per heavy atom. The van der Waals surface area contributed by atoms with Crippen LogP contribution in [0.4, 0.5) is 0 Å². The van der Waals surface area contributed by atoms with Gasteiger partial charge in [-0.15, -0.1) is 0 Å². The summed E-state index contributed by atoms with van der Waals surface area (Å²) in [7, 11) is 3.60. The predicted octanol–water partition coefficient (Wildman–Crippen LogP) is -0.299. The van der Waals surface area contributed by atoms with Gasteiger partial charge in [0.15, 0.2) is 0 Å². The molecule has 0 amide bonds. The highest BCUT2D eigenvalue weighted by Gasteiger charge is 2.51. The van der Waals surface area contributed by atoms with Crippen LogP contribution in [0.2, 0.25) is 0 Å². The maximum absolute atomic E-state index is 11.8. The fourth-order valence-electron chi connectivity index (χ4n) is 2.74. The van der Waals surface area contributed by atoms with Crippen LogP contribution in [-0.2, 0) is 9.53 Å². The van der Waals surface area contributed by atoms with E-state index in [1.165, 1.54) is 7.11 Å². The molecule has 1 N–H and O–H groups in total. The number of rotatable bonds is 1. The smallest absolute Gasteiger partial charge is 0.313 e. The third-order valence-corrected chi connectivity index (χ3v) is 3.68. The van der Waals surface area contributed by atoms with Crippen molar-refractivity contribution in [3.63, 3.8) is 0 Å². The number of piperidine rings is 1. The van der Waals surface area contributed by atoms with Crippen molar-refractivity contribution in [1.82, 2.24) is 10.2 Å². The third kappa shape index (κ3) is 1.33. The number of hydrogen-bond acceptors (Lipinski definition) is 4. The van der Waals surface area contributed by atoms with E-state index >= 15 is 0 Å². The molecule has 2 fully saturated rings. The number of hydrogen-bond donors (Lipinski definition) is 1. The third-order valence-electron chi connectivity index (χ3n) is 3.68. The van der Waals surface area contributed by atoms with Gasteiger partial charge in [0.25, 0.3) is 0 Å². The number of esters is 1. The lowest BCUT2D eigenvalue weighted by Gasteiger charge is -2.39. The van der Waals surface area contributed by atoms with Crippen LogP contribution in [0.25, 0.3) is 0 Å². The van der Waals surface area contributed by atoms with Gasteiger partial charge in [-0.25, -0.2) is 0 Å². The Hall–Kier alpha value is -0.610. The van der Waals surface area contributed by atoms with Gasteiger partial charge in [0.1, 0.15) is 0 Å². The summed E-state index contributed by atoms with van der Waals surface area (Å²) in [6, 6.07) is 0. The first kappa shape index (κ1) is 9.93. The highest BCUT2D eigenvalue weighted by atomic mass is 16.5. The molecule has 80 valence electrons. The molecule has 2 saturated heterocycles. The predicted molar refractivity (Wildman–Crippen MR) is 52.9 cm³/mol. The van der Waals surface area contributed by atoms with E-state index in [2.05, 4.69) is 17.3 Å². The average Bonchev–Trinajstić information content (AvgIpc) is 2.60. The number of carbonyl (C=O) groups is 1. The number of methoxy groups -OCH3 is 1. The summed E-state index contributed by atoms with van der Waals surface area (Å²) in [6.45, 7) is 3.73. The van der Waals surface area contributed by atoms with Crippen molar-refractivity contribution in [3.05, 3.63) is 0 Å². The molecule has 14 heavy (non-hydrogen) atoms. The van der Waals surface area contributed by atoms with Crippen LogP contribution in [0, 0.1) is 11.3 Å². The number of likely N-dealkylation sites (tertiary alicyclic amines) is 1. The normalized spacial score (nSPS) is 38.0. The zero-order valence-electron chi connectivity index (χ0n) is 8.88. The van der Waals surface area contributed by atoms with E-state index in [1.807, 2.05) is 0 Å². The molecule has 2 aliphatic rings. The summed E-state index contributed by atoms with van der Waals surface area (Å²) >= 11 is 0. The van der Waals surface area contributed by atoms with Crippen LogP contribution in [0.15, 0.2) is 0 Å². The van der Waals surface area contributed by atoms with E-state index in [0.717, 1.165) is 32.6 Å². The first-order chi connectivity index (χ1) is 6.69. The number of fused-ring (bicyclic) bond motifs is 1. The molecule has 0 radical (unpaired) electrons. The molecule has 0 bridgehead atoms. The Labute approximate surface area is 84.6 Å². The highest BCUT2D eigenvalue weighted by molar-refractivity contribution is 5.78. The second-order valence-corrected chi connectivity index (χ2v) is 4.49. The second-order valence-electron chi connectivity index (χ2n) is 4.49. The van der Waals surface area contributed by atoms with Gasteiger partial charge in [0.2, 0.25) is 0 Å². The van der Waals surface area contributed by atoms with E-state index in [1.54, 1.807) is 0 Å². The molecule has 0 aromatic rings. The summed E-state index contributed by atoms with van der Waals surface area (Å²) in [5.41, 5.74) is -0.235. The monoisotopic (exact) mass is 198 g/mol. The Kier molecular flexibility index (Phi) is 2.49. The van der Waals surface area contributed by atoms with Gasteiger partial charge in [-0.2, -0.15) is 0 Å². The van der Waals surface area contributed by atoms with Crippen LogP contribution < -0.4 is 5.32 Å². The molecule has 2 aliphatic heterocycles. The molecule has 2 atom stereocenters. The van der Waals surface area contributed by atoms with Crippen LogP contribution >= 0.6 is 0 Å². The van der Waals surface area contributed by atoms with Gasteiger partial charge in [0, 0.05) is 25.6 Å². The summed E-state index contributed by atoms with van der Waals surface area (Å²) in [4.78, 5) is 14.1. The Morgan fingerprint density at radius 1 is 1.64 bits per heavy atom. The van der Waals surface area contributed by atoms with Gasteiger partial charge in [-0.05, 0) is 20.0 Å². The van der Waals surface area contributed by atoms with Crippen LogP contribution in [0.3, 0.4) is 0 Å². The molecular formula is C10H18N2O2. The number of nitrogens with zero attached hydrogens (tertiary/aromatic N) is 1. The molecule has 0 aliphatic carbocycles. The van der Waals surface area contributed by atoms with E-state index in [9.17, 15) is 4.79 Å². The minimum Gasteiger partial charge on any atom is -0.469 e. The summed E-state index contributed by atoms with van der Waals surface area (Å²) in [5.74, 6) is 0.398. The molecular weight excluding hydrogens is 180 g/mol. The van der Waals surface area contributed by atoms with Gasteiger partial charge in [-0.1, -0.05) is 0 Å². The van der Waals surface area contributed by atoms with Crippen molar-refractivity contribution in [1.29, 1.82) is 0 Å². The van der Waals surface area contributed by atoms with E-state index in [4.69, 9.17) is 4.74 Å². The molecule has 0 aromatic carbocycles. The standard InChI is InChI=1S/C10H18N2O2/c1-12-4-3-10(9(13)14-2)7-11-5-8(10)6-12/h8,11H,3-7H2,1-2H3/t8-,10+/m1/s1. The van der Waals surface area contributed by atoms with E-state index < -0.39 is 0 Å². The van der Waals surface area contributed by atoms with Gasteiger partial charge < -0.3 is 15.0 Å². The summed E-state index contributed by atoms with van der Waals surface area (Å²) in [5, 5.41) is 3.31. The average molecular weight is 198 g/mol. The topological polar surface area (TPSA) is 41.6 Å². The first-order valence-corrected chi connectivity index (χ1v) is 5.17. The minimum atomic E-state index is -0.235. The SMILES string of the molecule is COC(=O)[C@]12CCN(C)C[C@H]1CNC2. The van der Waals surface area contributed by atoms with E-state index in [0.29, 0.717) is 5.92 Å². The molecule has 0 aromatic heterocycles. The van der Waals surface area contributed by atoms with Crippen LogP contribution in [0.5, 0.6) is 0 Å². The fourth-order valence-corrected chi connectivity index (χ4v) is 2.74. The number of nitrogens with one attached hydrogen (secondary N) is 1. The van der Waals surface area contributed by atoms with Crippen molar-refractivity contribution < 1.29 is 9.53 Å². The van der Waals surface area contributed by atoms with Gasteiger partial charge in [0.05, 0.1) is 12.5 Å². The van der Waals surface area contributed by atoms with Gasteiger partial charge in [-0.3, -0.25) is 4.79 Å². The quantitative estimate of drug-likeness (QED) is 0.587. The molecule has 2 rings (SSSR count). The highest BCUT2D eigenvalue weighted by Crippen LogP contribution is 2.39. The van der Waals surface area contributed by atoms with Crippen LogP contribution in [-0.4, -0.2) is 51.2 Å². The van der Waals surface area contributed by atoms with Crippen molar-refractivity contribution in [2.24, 2.45) is 11.3 Å². The molecule has 4 nitrogen and oxygen atoms in total. The Morgan fingerprint density at radius 2 is 2.43 bits per heavy atom. The van der Waals surface area contributed by atoms with Gasteiger partial charge >= 0.3 is 5.97 Å². The Balaban J connectivity index is 2.19. The number of ether oxygens (including phenoxy) is 1. The summed E-state index contributed by atoms with van der Waals surface area (Å²) in [6.07, 6.45) is 0.924. The zero-order chi connectivity index (χ0) is 10.2. The lowest BCUT2D eigenvalue weighted by atomic mass is 9.72. The van der Waals surface area contributed by atoms with Crippen molar-refractivity contribution >= 4 is 5.97 Å². The van der Waals surface area contributed by atoms with E-state index in [-0.39, 0.29) is 11.4 Å². The zero-order valence-corrected chi connectivity index (χ0v) is 8.88. The largest absolute Gasteiger partial charge is 0.469 e. The fraction of sp³-hybridized carbons (Fsp3) is 0.900. The van der Waals surface area contributed by atoms with Crippen molar-refractivity contribution in [2.45, 2.75) is 6.42 Å². The first-order valence-electron chi connectivity index (χ1n) is 5.17. The number of carbonyl (C=O) groups excluding carboxylic acids is 1. The minimum absolute atomic E-state index is 0.0272. The lowest BCUT2D eigenvalue weighted by Crippen LogP contribution is -2.50. The Bertz CT molecular complexity index is 244. The molecule has 0 unspecified atom stereocenters. The molecule has 2 heterocycles. The van der Waals surface area contributed by atoms with Crippen molar-refractivity contribution in [2.75, 3.05) is 40.3 Å². The molecule has 4 heteroatoms. The summed E-state index contributed by atoms with van der Waals surface area (Å²) < 4.78 is 4.93. The van der Waals surface area contributed by atoms with Crippen molar-refractivity contribution in [3.8, 4) is 0 Å². The van der Waals surface area contributed by atoms with Crippen LogP contribution in [0.1, 0.15) is 6.42 Å². The lowest BCUT2D eigenvalue weighted by molar-refractivity contribution is -0.157. The molecule has 0 saturated carbocycles. The maximum Gasteiger partial charge on any atom is 0.313 e.